The number of amides is 1. The smallest absolute Gasteiger partial charge is 0.340 e. The number of rotatable bonds is 6. The molecule has 0 bridgehead atoms. The Bertz CT molecular complexity index is 923. The summed E-state index contributed by atoms with van der Waals surface area (Å²) in [5.74, 6) is -0.690. The van der Waals surface area contributed by atoms with Crippen LogP contribution in [-0.4, -0.2) is 23.5 Å². The van der Waals surface area contributed by atoms with E-state index in [4.69, 9.17) is 4.74 Å². The van der Waals surface area contributed by atoms with Gasteiger partial charge in [-0.1, -0.05) is 60.7 Å². The Morgan fingerprint density at radius 2 is 1.50 bits per heavy atom. The molecule has 0 aliphatic rings. The normalized spacial score (nSPS) is 10.7. The highest BCUT2D eigenvalue weighted by Gasteiger charge is 2.25. The SMILES string of the molecule is CCOC(=O)c1c(C)[nH]c(C(=O)NC(c2ccccc2)c2ccccc2)c1C. The molecule has 2 N–H and O–H groups in total. The van der Waals surface area contributed by atoms with E-state index < -0.39 is 5.97 Å². The molecule has 0 unspecified atom stereocenters. The molecular formula is C23H24N2O3. The molecule has 0 fully saturated rings. The lowest BCUT2D eigenvalue weighted by atomic mass is 9.98. The van der Waals surface area contributed by atoms with Crippen LogP contribution in [0.2, 0.25) is 0 Å². The highest BCUT2D eigenvalue weighted by Crippen LogP contribution is 2.24. The van der Waals surface area contributed by atoms with Crippen molar-refractivity contribution >= 4 is 11.9 Å². The molecule has 0 aliphatic carbocycles. The molecule has 0 spiro atoms. The molecule has 5 heteroatoms. The van der Waals surface area contributed by atoms with Crippen molar-refractivity contribution in [2.45, 2.75) is 26.8 Å². The first kappa shape index (κ1) is 19.4. The fraction of sp³-hybridized carbons (Fsp3) is 0.217. The van der Waals surface area contributed by atoms with Crippen molar-refractivity contribution in [2.24, 2.45) is 0 Å². The van der Waals surface area contributed by atoms with Gasteiger partial charge in [0.15, 0.2) is 0 Å². The summed E-state index contributed by atoms with van der Waals surface area (Å²) in [4.78, 5) is 28.3. The van der Waals surface area contributed by atoms with Gasteiger partial charge in [0.2, 0.25) is 0 Å². The molecule has 2 aromatic carbocycles. The third-order valence-corrected chi connectivity index (χ3v) is 4.69. The van der Waals surface area contributed by atoms with Gasteiger partial charge < -0.3 is 15.0 Å². The van der Waals surface area contributed by atoms with E-state index in [0.29, 0.717) is 22.5 Å². The van der Waals surface area contributed by atoms with E-state index in [1.165, 1.54) is 0 Å². The average molecular weight is 376 g/mol. The van der Waals surface area contributed by atoms with Crippen molar-refractivity contribution in [3.05, 3.63) is 94.3 Å². The molecule has 0 saturated heterocycles. The number of benzene rings is 2. The van der Waals surface area contributed by atoms with Gasteiger partial charge in [-0.15, -0.1) is 0 Å². The van der Waals surface area contributed by atoms with Gasteiger partial charge in [-0.2, -0.15) is 0 Å². The molecule has 5 nitrogen and oxygen atoms in total. The van der Waals surface area contributed by atoms with Crippen LogP contribution in [0.25, 0.3) is 0 Å². The molecule has 1 aromatic heterocycles. The highest BCUT2D eigenvalue weighted by molar-refractivity contribution is 6.00. The second-order valence-electron chi connectivity index (χ2n) is 6.57. The number of aromatic amines is 1. The summed E-state index contributed by atoms with van der Waals surface area (Å²) < 4.78 is 5.11. The molecule has 28 heavy (non-hydrogen) atoms. The second kappa shape index (κ2) is 8.57. The van der Waals surface area contributed by atoms with E-state index in [2.05, 4.69) is 10.3 Å². The number of carbonyl (C=O) groups is 2. The minimum absolute atomic E-state index is 0.270. The van der Waals surface area contributed by atoms with Crippen molar-refractivity contribution < 1.29 is 14.3 Å². The molecule has 3 aromatic rings. The van der Waals surface area contributed by atoms with Crippen molar-refractivity contribution in [3.8, 4) is 0 Å². The van der Waals surface area contributed by atoms with Crippen molar-refractivity contribution in [1.29, 1.82) is 0 Å². The zero-order chi connectivity index (χ0) is 20.1. The van der Waals surface area contributed by atoms with Crippen LogP contribution < -0.4 is 5.32 Å². The summed E-state index contributed by atoms with van der Waals surface area (Å²) in [5, 5.41) is 3.10. The van der Waals surface area contributed by atoms with E-state index in [0.717, 1.165) is 11.1 Å². The number of nitrogens with one attached hydrogen (secondary N) is 2. The Hall–Kier alpha value is -3.34. The maximum Gasteiger partial charge on any atom is 0.340 e. The third-order valence-electron chi connectivity index (χ3n) is 4.69. The molecular weight excluding hydrogens is 352 g/mol. The number of aryl methyl sites for hydroxylation is 1. The Balaban J connectivity index is 1.93. The number of hydrogen-bond acceptors (Lipinski definition) is 3. The van der Waals surface area contributed by atoms with Crippen LogP contribution in [0.5, 0.6) is 0 Å². The summed E-state index contributed by atoms with van der Waals surface area (Å²) in [5.41, 5.74) is 3.97. The van der Waals surface area contributed by atoms with E-state index >= 15 is 0 Å². The van der Waals surface area contributed by atoms with Gasteiger partial charge in [-0.05, 0) is 37.5 Å². The number of aromatic nitrogens is 1. The molecule has 3 rings (SSSR count). The van der Waals surface area contributed by atoms with Crippen LogP contribution in [0, 0.1) is 13.8 Å². The Labute approximate surface area is 164 Å². The predicted molar refractivity (Wildman–Crippen MR) is 108 cm³/mol. The summed E-state index contributed by atoms with van der Waals surface area (Å²) in [6.07, 6.45) is 0. The van der Waals surface area contributed by atoms with Crippen molar-refractivity contribution in [3.63, 3.8) is 0 Å². The minimum atomic E-state index is -0.421. The fourth-order valence-corrected chi connectivity index (χ4v) is 3.34. The van der Waals surface area contributed by atoms with Gasteiger partial charge in [0.1, 0.15) is 5.69 Å². The monoisotopic (exact) mass is 376 g/mol. The van der Waals surface area contributed by atoms with E-state index in [-0.39, 0.29) is 18.6 Å². The number of ether oxygens (including phenoxy) is 1. The lowest BCUT2D eigenvalue weighted by molar-refractivity contribution is 0.0525. The van der Waals surface area contributed by atoms with Crippen LogP contribution in [0.15, 0.2) is 60.7 Å². The second-order valence-corrected chi connectivity index (χ2v) is 6.57. The summed E-state index contributed by atoms with van der Waals surface area (Å²) in [6.45, 7) is 5.56. The van der Waals surface area contributed by atoms with Crippen LogP contribution in [-0.2, 0) is 4.74 Å². The maximum atomic E-state index is 13.1. The molecule has 0 atom stereocenters. The fourth-order valence-electron chi connectivity index (χ4n) is 3.34. The molecule has 144 valence electrons. The summed E-state index contributed by atoms with van der Waals surface area (Å²) >= 11 is 0. The first-order chi connectivity index (χ1) is 13.5. The number of H-pyrrole nitrogens is 1. The summed E-state index contributed by atoms with van der Waals surface area (Å²) in [6, 6.07) is 19.3. The Morgan fingerprint density at radius 3 is 2.00 bits per heavy atom. The van der Waals surface area contributed by atoms with Crippen LogP contribution in [0.4, 0.5) is 0 Å². The molecule has 1 amide bonds. The van der Waals surface area contributed by atoms with Gasteiger partial charge >= 0.3 is 5.97 Å². The lowest BCUT2D eigenvalue weighted by Crippen LogP contribution is -2.30. The first-order valence-electron chi connectivity index (χ1n) is 9.30. The van der Waals surface area contributed by atoms with Gasteiger partial charge in [0.25, 0.3) is 5.91 Å². The highest BCUT2D eigenvalue weighted by atomic mass is 16.5. The van der Waals surface area contributed by atoms with E-state index in [1.54, 1.807) is 20.8 Å². The average Bonchev–Trinajstić information content (AvgIpc) is 3.01. The van der Waals surface area contributed by atoms with Crippen molar-refractivity contribution in [2.75, 3.05) is 6.61 Å². The number of esters is 1. The van der Waals surface area contributed by atoms with E-state index in [1.807, 2.05) is 60.7 Å². The first-order valence-corrected chi connectivity index (χ1v) is 9.30. The van der Waals surface area contributed by atoms with Crippen LogP contribution in [0.1, 0.15) is 56.2 Å². The van der Waals surface area contributed by atoms with Gasteiger partial charge in [-0.25, -0.2) is 4.79 Å². The molecule has 0 aliphatic heterocycles. The number of carbonyl (C=O) groups excluding carboxylic acids is 2. The van der Waals surface area contributed by atoms with Gasteiger partial charge in [0.05, 0.1) is 18.2 Å². The minimum Gasteiger partial charge on any atom is -0.462 e. The zero-order valence-corrected chi connectivity index (χ0v) is 16.3. The molecule has 0 saturated carbocycles. The quantitative estimate of drug-likeness (QED) is 0.629. The lowest BCUT2D eigenvalue weighted by Gasteiger charge is -2.20. The van der Waals surface area contributed by atoms with Gasteiger partial charge in [-0.3, -0.25) is 4.79 Å². The molecule has 0 radical (unpaired) electrons. The topological polar surface area (TPSA) is 71.2 Å². The standard InChI is InChI=1S/C23H24N2O3/c1-4-28-23(27)19-15(2)20(24-16(19)3)22(26)25-21(17-11-7-5-8-12-17)18-13-9-6-10-14-18/h5-14,21,24H,4H2,1-3H3,(H,25,26). The van der Waals surface area contributed by atoms with Crippen LogP contribution in [0.3, 0.4) is 0 Å². The Kier molecular flexibility index (Phi) is 5.94. The van der Waals surface area contributed by atoms with Crippen molar-refractivity contribution in [1.82, 2.24) is 10.3 Å². The summed E-state index contributed by atoms with van der Waals surface area (Å²) in [7, 11) is 0. The third kappa shape index (κ3) is 3.98. The molecule has 1 heterocycles. The van der Waals surface area contributed by atoms with E-state index in [9.17, 15) is 9.59 Å². The number of hydrogen-bond donors (Lipinski definition) is 2. The predicted octanol–water partition coefficient (Wildman–Crippen LogP) is 4.33. The van der Waals surface area contributed by atoms with Crippen LogP contribution >= 0.6 is 0 Å². The largest absolute Gasteiger partial charge is 0.462 e. The van der Waals surface area contributed by atoms with Gasteiger partial charge in [0, 0.05) is 5.69 Å². The zero-order valence-electron chi connectivity index (χ0n) is 16.3. The maximum absolute atomic E-state index is 13.1. The Morgan fingerprint density at radius 1 is 0.964 bits per heavy atom.